The number of rotatable bonds is 6. The number of benzene rings is 4. The van der Waals surface area contributed by atoms with E-state index in [1.165, 1.54) is 43.7 Å². The lowest BCUT2D eigenvalue weighted by Gasteiger charge is -2.35. The highest BCUT2D eigenvalue weighted by Crippen LogP contribution is 2.43. The third-order valence-corrected chi connectivity index (χ3v) is 6.40. The van der Waals surface area contributed by atoms with E-state index in [0.29, 0.717) is 24.2 Å². The standard InChI is InChI=1S/C28H36N2/c1-17(2)29(18(3)4)25-15-11-21-10-14-24-26(30(19(5)6)20(7)8)16-12-22-9-13-23(25)27(21)28(22)24/h9-20H,1-8H3. The lowest BCUT2D eigenvalue weighted by Crippen LogP contribution is -2.37. The van der Waals surface area contributed by atoms with Crippen LogP contribution in [-0.4, -0.2) is 24.2 Å². The van der Waals surface area contributed by atoms with Gasteiger partial charge >= 0.3 is 0 Å². The zero-order chi connectivity index (χ0) is 21.7. The van der Waals surface area contributed by atoms with Crippen LogP contribution >= 0.6 is 0 Å². The predicted molar refractivity (Wildman–Crippen MR) is 136 cm³/mol. The van der Waals surface area contributed by atoms with Crippen molar-refractivity contribution in [1.29, 1.82) is 0 Å². The topological polar surface area (TPSA) is 6.48 Å². The second-order valence-electron chi connectivity index (χ2n) is 9.78. The number of hydrogen-bond acceptors (Lipinski definition) is 2. The summed E-state index contributed by atoms with van der Waals surface area (Å²) in [4.78, 5) is 5.09. The minimum atomic E-state index is 0.455. The number of hydrogen-bond donors (Lipinski definition) is 0. The van der Waals surface area contributed by atoms with Crippen LogP contribution in [-0.2, 0) is 0 Å². The third-order valence-electron chi connectivity index (χ3n) is 6.40. The lowest BCUT2D eigenvalue weighted by atomic mass is 9.91. The first-order valence-corrected chi connectivity index (χ1v) is 11.5. The van der Waals surface area contributed by atoms with Gasteiger partial charge in [-0.25, -0.2) is 0 Å². The fraction of sp³-hybridized carbons (Fsp3) is 0.429. The number of anilines is 2. The first kappa shape index (κ1) is 20.8. The van der Waals surface area contributed by atoms with Gasteiger partial charge < -0.3 is 9.80 Å². The van der Waals surface area contributed by atoms with Crippen molar-refractivity contribution in [2.75, 3.05) is 9.80 Å². The fourth-order valence-electron chi connectivity index (χ4n) is 5.53. The van der Waals surface area contributed by atoms with E-state index in [9.17, 15) is 0 Å². The van der Waals surface area contributed by atoms with Gasteiger partial charge in [-0.1, -0.05) is 36.4 Å². The maximum absolute atomic E-state index is 2.54. The van der Waals surface area contributed by atoms with Crippen molar-refractivity contribution in [3.63, 3.8) is 0 Å². The molecule has 0 saturated heterocycles. The molecule has 4 aromatic carbocycles. The van der Waals surface area contributed by atoms with Crippen LogP contribution < -0.4 is 9.80 Å². The first-order valence-electron chi connectivity index (χ1n) is 11.5. The van der Waals surface area contributed by atoms with Gasteiger partial charge in [-0.15, -0.1) is 0 Å². The van der Waals surface area contributed by atoms with E-state index in [4.69, 9.17) is 0 Å². The Morgan fingerprint density at radius 1 is 0.433 bits per heavy atom. The molecule has 0 amide bonds. The second-order valence-corrected chi connectivity index (χ2v) is 9.78. The van der Waals surface area contributed by atoms with Crippen LogP contribution in [0.2, 0.25) is 0 Å². The summed E-state index contributed by atoms with van der Waals surface area (Å²) in [5, 5.41) is 8.21. The van der Waals surface area contributed by atoms with Crippen molar-refractivity contribution < 1.29 is 0 Å². The minimum Gasteiger partial charge on any atom is -0.366 e. The minimum absolute atomic E-state index is 0.455. The molecule has 4 rings (SSSR count). The molecular weight excluding hydrogens is 364 g/mol. The number of nitrogens with zero attached hydrogens (tertiary/aromatic N) is 2. The van der Waals surface area contributed by atoms with Crippen LogP contribution in [0, 0.1) is 0 Å². The third kappa shape index (κ3) is 3.17. The van der Waals surface area contributed by atoms with Crippen LogP contribution in [0.5, 0.6) is 0 Å². The molecule has 0 aliphatic heterocycles. The van der Waals surface area contributed by atoms with E-state index in [0.717, 1.165) is 0 Å². The van der Waals surface area contributed by atoms with Crippen molar-refractivity contribution in [3.05, 3.63) is 48.5 Å². The van der Waals surface area contributed by atoms with E-state index in [1.54, 1.807) is 0 Å². The molecule has 0 aromatic heterocycles. The van der Waals surface area contributed by atoms with Gasteiger partial charge in [-0.05, 0) is 89.1 Å². The van der Waals surface area contributed by atoms with Crippen molar-refractivity contribution in [3.8, 4) is 0 Å². The summed E-state index contributed by atoms with van der Waals surface area (Å²) in [5.41, 5.74) is 2.69. The van der Waals surface area contributed by atoms with Crippen molar-refractivity contribution in [2.45, 2.75) is 79.6 Å². The van der Waals surface area contributed by atoms with Crippen LogP contribution in [0.3, 0.4) is 0 Å². The highest BCUT2D eigenvalue weighted by atomic mass is 15.2. The molecule has 0 bridgehead atoms. The Morgan fingerprint density at radius 2 is 0.733 bits per heavy atom. The first-order chi connectivity index (χ1) is 14.2. The summed E-state index contributed by atoms with van der Waals surface area (Å²) >= 11 is 0. The SMILES string of the molecule is CC(C)N(c1ccc2ccc3c(N(C(C)C)C(C)C)ccc4ccc1c2c43)C(C)C. The highest BCUT2D eigenvalue weighted by molar-refractivity contribution is 6.27. The van der Waals surface area contributed by atoms with E-state index >= 15 is 0 Å². The molecule has 2 heteroatoms. The van der Waals surface area contributed by atoms with Crippen LogP contribution in [0.1, 0.15) is 55.4 Å². The van der Waals surface area contributed by atoms with Gasteiger partial charge in [0, 0.05) is 46.3 Å². The highest BCUT2D eigenvalue weighted by Gasteiger charge is 2.22. The van der Waals surface area contributed by atoms with E-state index in [1.807, 2.05) is 0 Å². The van der Waals surface area contributed by atoms with Crippen LogP contribution in [0.25, 0.3) is 32.3 Å². The molecule has 0 aliphatic rings. The molecule has 0 N–H and O–H groups in total. The lowest BCUT2D eigenvalue weighted by molar-refractivity contribution is 0.610. The Balaban J connectivity index is 2.09. The molecule has 0 atom stereocenters. The normalized spacial score (nSPS) is 12.5. The molecule has 158 valence electrons. The summed E-state index contributed by atoms with van der Waals surface area (Å²) < 4.78 is 0. The summed E-state index contributed by atoms with van der Waals surface area (Å²) in [5.74, 6) is 0. The molecule has 0 spiro atoms. The van der Waals surface area contributed by atoms with Crippen LogP contribution in [0.15, 0.2) is 48.5 Å². The zero-order valence-corrected chi connectivity index (χ0v) is 19.8. The molecule has 30 heavy (non-hydrogen) atoms. The van der Waals surface area contributed by atoms with Crippen molar-refractivity contribution in [1.82, 2.24) is 0 Å². The average molecular weight is 401 g/mol. The molecule has 0 aliphatic carbocycles. The average Bonchev–Trinajstić information content (AvgIpc) is 2.67. The quantitative estimate of drug-likeness (QED) is 0.304. The molecule has 0 saturated carbocycles. The van der Waals surface area contributed by atoms with Gasteiger partial charge in [0.15, 0.2) is 0 Å². The summed E-state index contributed by atoms with van der Waals surface area (Å²) in [7, 11) is 0. The molecule has 4 aromatic rings. The van der Waals surface area contributed by atoms with E-state index < -0.39 is 0 Å². The molecule has 2 nitrogen and oxygen atoms in total. The van der Waals surface area contributed by atoms with Gasteiger partial charge in [-0.3, -0.25) is 0 Å². The Kier molecular flexibility index (Phi) is 5.30. The molecular formula is C28H36N2. The Morgan fingerprint density at radius 3 is 1.03 bits per heavy atom. The van der Waals surface area contributed by atoms with Crippen molar-refractivity contribution >= 4 is 43.7 Å². The van der Waals surface area contributed by atoms with E-state index in [-0.39, 0.29) is 0 Å². The van der Waals surface area contributed by atoms with Crippen LogP contribution in [0.4, 0.5) is 11.4 Å². The Labute approximate surface area is 181 Å². The largest absolute Gasteiger partial charge is 0.366 e. The Hall–Kier alpha value is -2.48. The molecule has 0 radical (unpaired) electrons. The van der Waals surface area contributed by atoms with Gasteiger partial charge in [0.25, 0.3) is 0 Å². The predicted octanol–water partition coefficient (Wildman–Crippen LogP) is 7.83. The van der Waals surface area contributed by atoms with Gasteiger partial charge in [-0.2, -0.15) is 0 Å². The second kappa shape index (κ2) is 7.65. The van der Waals surface area contributed by atoms with Crippen molar-refractivity contribution in [2.24, 2.45) is 0 Å². The fourth-order valence-corrected chi connectivity index (χ4v) is 5.53. The maximum atomic E-state index is 2.54. The zero-order valence-electron chi connectivity index (χ0n) is 19.8. The molecule has 0 unspecified atom stereocenters. The summed E-state index contributed by atoms with van der Waals surface area (Å²) in [6.45, 7) is 18.3. The maximum Gasteiger partial charge on any atom is 0.0451 e. The summed E-state index contributed by atoms with van der Waals surface area (Å²) in [6, 6.07) is 20.4. The van der Waals surface area contributed by atoms with E-state index in [2.05, 4.69) is 114 Å². The Bertz CT molecular complexity index is 1060. The smallest absolute Gasteiger partial charge is 0.0451 e. The van der Waals surface area contributed by atoms with Gasteiger partial charge in [0.1, 0.15) is 0 Å². The summed E-state index contributed by atoms with van der Waals surface area (Å²) in [6.07, 6.45) is 0. The molecule has 0 heterocycles. The van der Waals surface area contributed by atoms with Gasteiger partial charge in [0.05, 0.1) is 0 Å². The van der Waals surface area contributed by atoms with Gasteiger partial charge in [0.2, 0.25) is 0 Å². The monoisotopic (exact) mass is 400 g/mol. The molecule has 0 fully saturated rings.